The van der Waals surface area contributed by atoms with Crippen LogP contribution < -0.4 is 21.4 Å². The van der Waals surface area contributed by atoms with Crippen LogP contribution in [0.25, 0.3) is 0 Å². The number of carbonyl (C=O) groups excluding carboxylic acids is 6. The van der Waals surface area contributed by atoms with Gasteiger partial charge in [0.05, 0.1) is 6.42 Å². The maximum atomic E-state index is 13.4. The molecule has 0 aromatic rings. The van der Waals surface area contributed by atoms with Gasteiger partial charge in [0.1, 0.15) is 24.2 Å². The van der Waals surface area contributed by atoms with E-state index < -0.39 is 53.7 Å². The van der Waals surface area contributed by atoms with Crippen LogP contribution in [0.2, 0.25) is 0 Å². The van der Waals surface area contributed by atoms with Gasteiger partial charge in [-0.15, -0.1) is 0 Å². The molecule has 3 aliphatic rings. The molecule has 3 heterocycles. The minimum Gasteiger partial charge on any atom is -0.354 e. The highest BCUT2D eigenvalue weighted by atomic mass is 16.5. The molecule has 0 saturated carbocycles. The van der Waals surface area contributed by atoms with Crippen molar-refractivity contribution in [1.29, 1.82) is 0 Å². The molecule has 3 aliphatic heterocycles. The van der Waals surface area contributed by atoms with E-state index in [2.05, 4.69) is 16.0 Å². The normalized spacial score (nSPS) is 27.3. The molecule has 3 rings (SSSR count). The lowest BCUT2D eigenvalue weighted by Gasteiger charge is -2.31. The van der Waals surface area contributed by atoms with E-state index in [1.54, 1.807) is 13.8 Å². The average molecular weight is 509 g/mol. The largest absolute Gasteiger partial charge is 0.354 e. The molecule has 0 aliphatic carbocycles. The van der Waals surface area contributed by atoms with Gasteiger partial charge in [-0.25, -0.2) is 5.48 Å². The fourth-order valence-corrected chi connectivity index (χ4v) is 5.00. The van der Waals surface area contributed by atoms with Crippen LogP contribution in [0, 0.1) is 5.92 Å². The molecule has 0 aromatic carbocycles. The second kappa shape index (κ2) is 12.2. The Bertz CT molecular complexity index is 884. The zero-order chi connectivity index (χ0) is 26.4. The van der Waals surface area contributed by atoms with Crippen LogP contribution in [0.4, 0.5) is 0 Å². The number of nitrogens with zero attached hydrogens (tertiary/aromatic N) is 2. The van der Waals surface area contributed by atoms with E-state index in [0.717, 1.165) is 0 Å². The molecule has 3 fully saturated rings. The van der Waals surface area contributed by atoms with Gasteiger partial charge in [-0.05, 0) is 38.0 Å². The number of carbonyl (C=O) groups is 6. The summed E-state index contributed by atoms with van der Waals surface area (Å²) < 4.78 is 0. The third kappa shape index (κ3) is 6.31. The Balaban J connectivity index is 1.84. The maximum Gasteiger partial charge on any atom is 0.246 e. The summed E-state index contributed by atoms with van der Waals surface area (Å²) in [5.41, 5.74) is 1.51. The van der Waals surface area contributed by atoms with Crippen molar-refractivity contribution >= 4 is 35.4 Å². The summed E-state index contributed by atoms with van der Waals surface area (Å²) in [4.78, 5) is 80.0. The first-order valence-electron chi connectivity index (χ1n) is 12.5. The molecule has 6 amide bonds. The van der Waals surface area contributed by atoms with Crippen LogP contribution in [0.5, 0.6) is 0 Å². The second-order valence-corrected chi connectivity index (χ2v) is 9.86. The smallest absolute Gasteiger partial charge is 0.246 e. The van der Waals surface area contributed by atoms with Crippen molar-refractivity contribution in [2.45, 2.75) is 83.0 Å². The lowest BCUT2D eigenvalue weighted by atomic mass is 10.0. The van der Waals surface area contributed by atoms with E-state index in [9.17, 15) is 28.8 Å². The summed E-state index contributed by atoms with van der Waals surface area (Å²) >= 11 is 0. The summed E-state index contributed by atoms with van der Waals surface area (Å²) in [6.07, 6.45) is 2.09. The molecule has 4 atom stereocenters. The predicted molar refractivity (Wildman–Crippen MR) is 125 cm³/mol. The molecule has 36 heavy (non-hydrogen) atoms. The second-order valence-electron chi connectivity index (χ2n) is 9.86. The molecule has 0 unspecified atom stereocenters. The van der Waals surface area contributed by atoms with Gasteiger partial charge in [-0.1, -0.05) is 13.8 Å². The first-order valence-corrected chi connectivity index (χ1v) is 12.5. The molecule has 0 aromatic heterocycles. The number of amides is 6. The summed E-state index contributed by atoms with van der Waals surface area (Å²) in [6.45, 7) is 4.35. The van der Waals surface area contributed by atoms with Gasteiger partial charge in [-0.2, -0.15) is 0 Å². The van der Waals surface area contributed by atoms with Crippen molar-refractivity contribution in [2.24, 2.45) is 5.92 Å². The molecule has 0 radical (unpaired) electrons. The number of nitrogens with one attached hydrogen (secondary N) is 4. The molecular weight excluding hydrogens is 472 g/mol. The zero-order valence-electron chi connectivity index (χ0n) is 20.7. The Morgan fingerprint density at radius 1 is 1.00 bits per heavy atom. The molecule has 13 heteroatoms. The van der Waals surface area contributed by atoms with E-state index in [4.69, 9.17) is 5.21 Å². The summed E-state index contributed by atoms with van der Waals surface area (Å²) in [5, 5.41) is 16.6. The standard InChI is InChI=1S/C23H36N6O7/c1-13(2)19-22(34)25-14(20(32)24-9-3-8-17(30)27-36)12-18(31)28-10-5-7-16(28)23(35)29-11-4-6-15(29)21(33)26-19/h13-16,19,36H,3-12H2,1-2H3,(H,24,32)(H,25,34)(H,26,33)(H,27,30)/t14-,15-,16+,19-/m0/s1. The Kier molecular flexibility index (Phi) is 9.24. The Morgan fingerprint density at radius 2 is 1.67 bits per heavy atom. The highest BCUT2D eigenvalue weighted by Gasteiger charge is 2.44. The quantitative estimate of drug-likeness (QED) is 0.163. The lowest BCUT2D eigenvalue weighted by molar-refractivity contribution is -0.147. The van der Waals surface area contributed by atoms with Crippen molar-refractivity contribution in [3.63, 3.8) is 0 Å². The Morgan fingerprint density at radius 3 is 2.33 bits per heavy atom. The van der Waals surface area contributed by atoms with Gasteiger partial charge in [0, 0.05) is 26.1 Å². The minimum atomic E-state index is -1.23. The zero-order valence-corrected chi connectivity index (χ0v) is 20.7. The number of hydrogen-bond donors (Lipinski definition) is 5. The molecule has 3 saturated heterocycles. The SMILES string of the molecule is CC(C)[C@@H]1NC(=O)[C@@H]2CCCN2C(=O)[C@H]2CCCN2C(=O)C[C@@H](C(=O)NCCCC(=O)NO)NC1=O. The van der Waals surface area contributed by atoms with Crippen molar-refractivity contribution in [3.8, 4) is 0 Å². The van der Waals surface area contributed by atoms with E-state index in [-0.39, 0.29) is 37.6 Å². The molecular formula is C23H36N6O7. The fraction of sp³-hybridized carbons (Fsp3) is 0.739. The van der Waals surface area contributed by atoms with Crippen molar-refractivity contribution < 1.29 is 34.0 Å². The van der Waals surface area contributed by atoms with Crippen molar-refractivity contribution in [1.82, 2.24) is 31.2 Å². The van der Waals surface area contributed by atoms with Crippen LogP contribution in [-0.2, 0) is 28.8 Å². The highest BCUT2D eigenvalue weighted by Crippen LogP contribution is 2.26. The van der Waals surface area contributed by atoms with E-state index in [0.29, 0.717) is 38.8 Å². The number of fused-ring (bicyclic) bond motifs is 2. The number of hydroxylamine groups is 1. The summed E-state index contributed by atoms with van der Waals surface area (Å²) in [6, 6.07) is -3.61. The van der Waals surface area contributed by atoms with Gasteiger partial charge >= 0.3 is 0 Å². The topological polar surface area (TPSA) is 177 Å². The third-order valence-electron chi connectivity index (χ3n) is 6.96. The predicted octanol–water partition coefficient (Wildman–Crippen LogP) is -1.60. The van der Waals surface area contributed by atoms with Crippen LogP contribution >= 0.6 is 0 Å². The minimum absolute atomic E-state index is 0.0244. The molecule has 13 nitrogen and oxygen atoms in total. The first-order chi connectivity index (χ1) is 17.1. The van der Waals surface area contributed by atoms with Crippen LogP contribution in [0.1, 0.15) is 58.8 Å². The van der Waals surface area contributed by atoms with Crippen molar-refractivity contribution in [3.05, 3.63) is 0 Å². The van der Waals surface area contributed by atoms with Gasteiger partial charge < -0.3 is 25.8 Å². The number of hydrogen-bond acceptors (Lipinski definition) is 7. The summed E-state index contributed by atoms with van der Waals surface area (Å²) in [5.74, 6) is -3.26. The van der Waals surface area contributed by atoms with E-state index in [1.807, 2.05) is 0 Å². The molecule has 5 N–H and O–H groups in total. The number of rotatable bonds is 6. The van der Waals surface area contributed by atoms with Gasteiger partial charge in [0.15, 0.2) is 0 Å². The van der Waals surface area contributed by atoms with Crippen LogP contribution in [0.15, 0.2) is 0 Å². The van der Waals surface area contributed by atoms with Crippen LogP contribution in [0.3, 0.4) is 0 Å². The molecule has 200 valence electrons. The highest BCUT2D eigenvalue weighted by molar-refractivity contribution is 5.98. The monoisotopic (exact) mass is 508 g/mol. The van der Waals surface area contributed by atoms with Gasteiger partial charge in [-0.3, -0.25) is 34.0 Å². The Labute approximate surface area is 209 Å². The fourth-order valence-electron chi connectivity index (χ4n) is 5.00. The lowest BCUT2D eigenvalue weighted by Crippen LogP contribution is -2.58. The van der Waals surface area contributed by atoms with E-state index >= 15 is 0 Å². The third-order valence-corrected chi connectivity index (χ3v) is 6.96. The Hall–Kier alpha value is -3.22. The van der Waals surface area contributed by atoms with Gasteiger partial charge in [0.2, 0.25) is 35.4 Å². The van der Waals surface area contributed by atoms with Gasteiger partial charge in [0.25, 0.3) is 0 Å². The maximum absolute atomic E-state index is 13.4. The molecule has 0 spiro atoms. The van der Waals surface area contributed by atoms with E-state index in [1.165, 1.54) is 15.3 Å². The van der Waals surface area contributed by atoms with Crippen LogP contribution in [-0.4, -0.2) is 94.3 Å². The van der Waals surface area contributed by atoms with Crippen molar-refractivity contribution in [2.75, 3.05) is 19.6 Å². The molecule has 0 bridgehead atoms. The average Bonchev–Trinajstić information content (AvgIpc) is 3.53. The summed E-state index contributed by atoms with van der Waals surface area (Å²) in [7, 11) is 0. The first kappa shape index (κ1) is 27.4.